The van der Waals surface area contributed by atoms with Crippen molar-refractivity contribution in [3.8, 4) is 0 Å². The molecule has 8 rings (SSSR count). The first-order valence-electron chi connectivity index (χ1n) is 10.4. The van der Waals surface area contributed by atoms with Crippen LogP contribution in [0, 0.1) is 17.3 Å². The van der Waals surface area contributed by atoms with E-state index in [1.165, 1.54) is 7.11 Å². The largest absolute Gasteiger partial charge is 0.452 e. The van der Waals surface area contributed by atoms with Crippen LogP contribution in [-0.2, 0) is 19.7 Å². The van der Waals surface area contributed by atoms with E-state index in [0.717, 1.165) is 49.9 Å². The van der Waals surface area contributed by atoms with Gasteiger partial charge in [0.15, 0.2) is 5.78 Å². The van der Waals surface area contributed by atoms with Crippen LogP contribution in [0.1, 0.15) is 37.7 Å². The quantitative estimate of drug-likeness (QED) is 0.650. The topological polar surface area (TPSA) is 66.9 Å². The Morgan fingerprint density at radius 3 is 2.82 bits per heavy atom. The third-order valence-corrected chi connectivity index (χ3v) is 9.26. The highest BCUT2D eigenvalue weighted by atomic mass is 16.5. The molecule has 3 aliphatic heterocycles. The molecule has 4 bridgehead atoms. The van der Waals surface area contributed by atoms with E-state index in [9.17, 15) is 14.4 Å². The van der Waals surface area contributed by atoms with E-state index >= 15 is 0 Å². The Morgan fingerprint density at radius 1 is 1.18 bits per heavy atom. The zero-order valence-electron chi connectivity index (χ0n) is 15.8. The number of ketones is 1. The zero-order chi connectivity index (χ0) is 19.1. The van der Waals surface area contributed by atoms with Crippen LogP contribution >= 0.6 is 0 Å². The Bertz CT molecular complexity index is 1010. The average Bonchev–Trinajstić information content (AvgIpc) is 3.21. The SMILES string of the molecule is COC(=O)N1c2ccccc2[C@]23[C@H]4C(=O)[C@@H]5C[C@@]6(CCCN(C4=O)[C@@H]62)CC[C@]513. The molecule has 144 valence electrons. The monoisotopic (exact) mass is 378 g/mol. The maximum Gasteiger partial charge on any atom is 0.414 e. The van der Waals surface area contributed by atoms with Crippen molar-refractivity contribution >= 4 is 23.5 Å². The van der Waals surface area contributed by atoms with Crippen LogP contribution in [-0.4, -0.2) is 47.9 Å². The summed E-state index contributed by atoms with van der Waals surface area (Å²) in [5.74, 6) is -0.824. The van der Waals surface area contributed by atoms with Gasteiger partial charge in [-0.3, -0.25) is 14.5 Å². The van der Waals surface area contributed by atoms with Crippen molar-refractivity contribution in [2.75, 3.05) is 18.6 Å². The van der Waals surface area contributed by atoms with Gasteiger partial charge >= 0.3 is 6.09 Å². The lowest BCUT2D eigenvalue weighted by Gasteiger charge is -2.67. The van der Waals surface area contributed by atoms with E-state index in [4.69, 9.17) is 4.74 Å². The van der Waals surface area contributed by atoms with Gasteiger partial charge in [0, 0.05) is 12.5 Å². The van der Waals surface area contributed by atoms with E-state index in [0.29, 0.717) is 0 Å². The van der Waals surface area contributed by atoms with E-state index in [-0.39, 0.29) is 29.1 Å². The van der Waals surface area contributed by atoms with Crippen LogP contribution in [0.2, 0.25) is 0 Å². The highest BCUT2D eigenvalue weighted by molar-refractivity contribution is 6.14. The summed E-state index contributed by atoms with van der Waals surface area (Å²) in [4.78, 5) is 44.2. The summed E-state index contributed by atoms with van der Waals surface area (Å²) in [5, 5.41) is 0. The van der Waals surface area contributed by atoms with Crippen molar-refractivity contribution in [3.05, 3.63) is 29.8 Å². The molecular formula is C22H22N2O4. The van der Waals surface area contributed by atoms with Crippen LogP contribution in [0.3, 0.4) is 0 Å². The van der Waals surface area contributed by atoms with Crippen LogP contribution in [0.5, 0.6) is 0 Å². The number of hydrogen-bond acceptors (Lipinski definition) is 4. The summed E-state index contributed by atoms with van der Waals surface area (Å²) in [5.41, 5.74) is 0.621. The second-order valence-electron chi connectivity index (χ2n) is 9.61. The van der Waals surface area contributed by atoms with Gasteiger partial charge in [0.25, 0.3) is 0 Å². The number of rotatable bonds is 0. The fraction of sp³-hybridized carbons (Fsp3) is 0.591. The molecule has 0 unspecified atom stereocenters. The minimum absolute atomic E-state index is 0.00840. The first kappa shape index (κ1) is 15.5. The summed E-state index contributed by atoms with van der Waals surface area (Å²) in [6.45, 7) is 0.734. The molecule has 3 spiro atoms. The number of benzene rings is 1. The molecule has 4 saturated carbocycles. The molecule has 6 fully saturated rings. The van der Waals surface area contributed by atoms with Gasteiger partial charge in [0.2, 0.25) is 5.91 Å². The zero-order valence-corrected chi connectivity index (χ0v) is 15.8. The third-order valence-electron chi connectivity index (χ3n) is 9.26. The minimum Gasteiger partial charge on any atom is -0.452 e. The van der Waals surface area contributed by atoms with Crippen molar-refractivity contribution < 1.29 is 19.1 Å². The standard InChI is InChI=1S/C22H22N2O4/c1-28-19(27)24-14-6-3-2-5-12(14)22-15-16(25)13-11-20(8-9-21(13,22)24)7-4-10-23(17(15)26)18(20)22/h2-3,5-6,13,15,18H,4,7-11H2,1H3/t13-,15-,18-,20+,21+,22-/m0/s1. The summed E-state index contributed by atoms with van der Waals surface area (Å²) >= 11 is 0. The number of fused-ring (bicyclic) bond motifs is 2. The van der Waals surface area contributed by atoms with Gasteiger partial charge in [0.05, 0.1) is 29.8 Å². The number of carbonyl (C=O) groups excluding carboxylic acids is 3. The third kappa shape index (κ3) is 1.15. The molecular weight excluding hydrogens is 356 g/mol. The molecule has 1 aromatic carbocycles. The highest BCUT2D eigenvalue weighted by Crippen LogP contribution is 2.80. The number of Topliss-reactive ketones (excluding diaryl/α,β-unsaturated/α-hetero) is 1. The summed E-state index contributed by atoms with van der Waals surface area (Å²) in [6, 6.07) is 7.97. The Labute approximate surface area is 162 Å². The van der Waals surface area contributed by atoms with E-state index in [1.807, 2.05) is 23.1 Å². The van der Waals surface area contributed by atoms with Crippen LogP contribution in [0.4, 0.5) is 10.5 Å². The predicted molar refractivity (Wildman–Crippen MR) is 98.7 cm³/mol. The number of methoxy groups -OCH3 is 1. The predicted octanol–water partition coefficient (Wildman–Crippen LogP) is 2.25. The molecule has 6 nitrogen and oxygen atoms in total. The van der Waals surface area contributed by atoms with Crippen LogP contribution < -0.4 is 4.90 Å². The molecule has 0 aromatic heterocycles. The number of hydrogen-bond donors (Lipinski definition) is 0. The van der Waals surface area contributed by atoms with Gasteiger partial charge in [-0.25, -0.2) is 4.79 Å². The van der Waals surface area contributed by atoms with Crippen molar-refractivity contribution in [2.24, 2.45) is 17.3 Å². The van der Waals surface area contributed by atoms with E-state index < -0.39 is 23.0 Å². The number of ether oxygens (including phenoxy) is 1. The van der Waals surface area contributed by atoms with Gasteiger partial charge in [-0.1, -0.05) is 18.2 Å². The summed E-state index contributed by atoms with van der Waals surface area (Å²) < 4.78 is 5.23. The lowest BCUT2D eigenvalue weighted by molar-refractivity contribution is -0.153. The van der Waals surface area contributed by atoms with Crippen molar-refractivity contribution in [1.82, 2.24) is 4.90 Å². The second kappa shape index (κ2) is 4.29. The Kier molecular flexibility index (Phi) is 2.38. The number of anilines is 1. The fourth-order valence-electron chi connectivity index (χ4n) is 8.89. The van der Waals surface area contributed by atoms with Gasteiger partial charge in [-0.15, -0.1) is 0 Å². The van der Waals surface area contributed by atoms with E-state index in [2.05, 4.69) is 6.07 Å². The summed E-state index contributed by atoms with van der Waals surface area (Å²) in [7, 11) is 1.40. The van der Waals surface area contributed by atoms with Crippen molar-refractivity contribution in [3.63, 3.8) is 0 Å². The van der Waals surface area contributed by atoms with Gasteiger partial charge in [-0.05, 0) is 49.1 Å². The number of para-hydroxylation sites is 1. The first-order valence-corrected chi connectivity index (χ1v) is 10.4. The van der Waals surface area contributed by atoms with Crippen molar-refractivity contribution in [2.45, 2.75) is 49.1 Å². The normalized spacial score (nSPS) is 46.1. The lowest BCUT2D eigenvalue weighted by Crippen LogP contribution is -2.76. The molecule has 2 saturated heterocycles. The number of amides is 2. The van der Waals surface area contributed by atoms with Gasteiger partial charge in [0.1, 0.15) is 5.92 Å². The van der Waals surface area contributed by atoms with E-state index in [1.54, 1.807) is 4.90 Å². The van der Waals surface area contributed by atoms with Gasteiger partial charge in [-0.2, -0.15) is 0 Å². The Hall–Kier alpha value is -2.37. The number of piperidine rings is 1. The minimum atomic E-state index is -0.653. The smallest absolute Gasteiger partial charge is 0.414 e. The fourth-order valence-corrected chi connectivity index (χ4v) is 8.89. The molecule has 3 heterocycles. The first-order chi connectivity index (χ1) is 13.5. The molecule has 0 N–H and O–H groups in total. The molecule has 0 radical (unpaired) electrons. The molecule has 1 aromatic rings. The molecule has 6 atom stereocenters. The Morgan fingerprint density at radius 2 is 2.00 bits per heavy atom. The van der Waals surface area contributed by atoms with Crippen LogP contribution in [0.25, 0.3) is 0 Å². The molecule has 7 aliphatic rings. The summed E-state index contributed by atoms with van der Waals surface area (Å²) in [6.07, 6.45) is 4.25. The highest BCUT2D eigenvalue weighted by Gasteiger charge is 2.90. The number of carbonyl (C=O) groups is 3. The maximum absolute atomic E-state index is 13.7. The van der Waals surface area contributed by atoms with Crippen LogP contribution in [0.15, 0.2) is 24.3 Å². The maximum atomic E-state index is 13.7. The average molecular weight is 378 g/mol. The molecule has 4 aliphatic carbocycles. The molecule has 2 amide bonds. The molecule has 6 heteroatoms. The number of nitrogens with zero attached hydrogens (tertiary/aromatic N) is 2. The van der Waals surface area contributed by atoms with Gasteiger partial charge < -0.3 is 9.64 Å². The molecule has 28 heavy (non-hydrogen) atoms. The Balaban J connectivity index is 1.64. The second-order valence-corrected chi connectivity index (χ2v) is 9.61. The van der Waals surface area contributed by atoms with Crippen molar-refractivity contribution in [1.29, 1.82) is 0 Å². The lowest BCUT2D eigenvalue weighted by atomic mass is 9.41.